The molecule has 6 heteroatoms. The molecule has 0 bridgehead atoms. The number of carboxylic acids is 1. The Morgan fingerprint density at radius 1 is 1.40 bits per heavy atom. The number of hydrogen-bond donors (Lipinski definition) is 1. The van der Waals surface area contributed by atoms with Gasteiger partial charge in [0.05, 0.1) is 31.4 Å². The molecule has 1 saturated heterocycles. The summed E-state index contributed by atoms with van der Waals surface area (Å²) in [6.07, 6.45) is 5.81. The van der Waals surface area contributed by atoms with E-state index in [0.29, 0.717) is 26.1 Å². The largest absolute Gasteiger partial charge is 0.481 e. The monoisotopic (exact) mass is 278 g/mol. The smallest absolute Gasteiger partial charge is 0.306 e. The Morgan fingerprint density at radius 2 is 2.15 bits per heavy atom. The topological polar surface area (TPSA) is 73.6 Å². The third kappa shape index (κ3) is 1.78. The summed E-state index contributed by atoms with van der Waals surface area (Å²) in [6.45, 7) is 1.35. The number of fused-ring (bicyclic) bond motifs is 1. The third-order valence-electron chi connectivity index (χ3n) is 4.81. The first-order valence-electron chi connectivity index (χ1n) is 7.23. The number of rotatable bonds is 2. The summed E-state index contributed by atoms with van der Waals surface area (Å²) in [6, 6.07) is 0.249. The molecule has 1 N–H and O–H groups in total. The van der Waals surface area contributed by atoms with Gasteiger partial charge in [0.2, 0.25) is 0 Å². The van der Waals surface area contributed by atoms with Crippen molar-refractivity contribution >= 4 is 5.97 Å². The molecule has 0 unspecified atom stereocenters. The zero-order valence-electron chi connectivity index (χ0n) is 11.2. The zero-order chi connectivity index (χ0) is 13.7. The molecule has 3 aliphatic rings. The van der Waals surface area contributed by atoms with Crippen molar-refractivity contribution in [2.24, 2.45) is 5.92 Å². The lowest BCUT2D eigenvalue weighted by Crippen LogP contribution is -2.38. The molecule has 1 aromatic heterocycles. The van der Waals surface area contributed by atoms with E-state index in [1.54, 1.807) is 0 Å². The standard InChI is InChI=1S/C14H18N2O4/c17-13(18)9-5-11(6-9)16-12-1-2-14(19-3-4-20-14)7-10(12)8-15-16/h8-9,11H,1-7H2,(H,17,18). The highest BCUT2D eigenvalue weighted by atomic mass is 16.7. The van der Waals surface area contributed by atoms with Crippen molar-refractivity contribution in [1.82, 2.24) is 9.78 Å². The molecule has 1 aliphatic heterocycles. The van der Waals surface area contributed by atoms with Crippen LogP contribution in [0.2, 0.25) is 0 Å². The van der Waals surface area contributed by atoms with Gasteiger partial charge in [-0.15, -0.1) is 0 Å². The van der Waals surface area contributed by atoms with Gasteiger partial charge in [-0.1, -0.05) is 0 Å². The predicted octanol–water partition coefficient (Wildman–Crippen LogP) is 1.15. The minimum absolute atomic E-state index is 0.198. The molecule has 20 heavy (non-hydrogen) atoms. The first kappa shape index (κ1) is 12.3. The summed E-state index contributed by atoms with van der Waals surface area (Å²) < 4.78 is 13.6. The van der Waals surface area contributed by atoms with Crippen LogP contribution < -0.4 is 0 Å². The highest BCUT2D eigenvalue weighted by Crippen LogP contribution is 2.41. The highest BCUT2D eigenvalue weighted by Gasteiger charge is 2.43. The van der Waals surface area contributed by atoms with Gasteiger partial charge >= 0.3 is 5.97 Å². The van der Waals surface area contributed by atoms with Crippen molar-refractivity contribution in [1.29, 1.82) is 0 Å². The van der Waals surface area contributed by atoms with Gasteiger partial charge in [-0.25, -0.2) is 0 Å². The van der Waals surface area contributed by atoms with Gasteiger partial charge in [0.15, 0.2) is 5.79 Å². The van der Waals surface area contributed by atoms with Gasteiger partial charge in [0.25, 0.3) is 0 Å². The Labute approximate surface area is 116 Å². The van der Waals surface area contributed by atoms with E-state index in [-0.39, 0.29) is 12.0 Å². The van der Waals surface area contributed by atoms with E-state index >= 15 is 0 Å². The van der Waals surface area contributed by atoms with Crippen molar-refractivity contribution in [3.05, 3.63) is 17.5 Å². The van der Waals surface area contributed by atoms with E-state index in [0.717, 1.165) is 19.3 Å². The lowest BCUT2D eigenvalue weighted by atomic mass is 9.80. The molecule has 0 aromatic carbocycles. The van der Waals surface area contributed by atoms with Gasteiger partial charge in [-0.3, -0.25) is 9.48 Å². The predicted molar refractivity (Wildman–Crippen MR) is 68.3 cm³/mol. The van der Waals surface area contributed by atoms with Crippen LogP contribution >= 0.6 is 0 Å². The summed E-state index contributed by atoms with van der Waals surface area (Å²) in [7, 11) is 0. The Bertz CT molecular complexity index is 541. The molecule has 6 nitrogen and oxygen atoms in total. The molecule has 108 valence electrons. The van der Waals surface area contributed by atoms with Crippen LogP contribution in [-0.2, 0) is 27.1 Å². The van der Waals surface area contributed by atoms with Crippen LogP contribution in [-0.4, -0.2) is 39.9 Å². The van der Waals surface area contributed by atoms with Crippen LogP contribution in [0.4, 0.5) is 0 Å². The zero-order valence-corrected chi connectivity index (χ0v) is 11.2. The molecule has 1 saturated carbocycles. The lowest BCUT2D eigenvalue weighted by molar-refractivity contribution is -0.164. The fourth-order valence-corrected chi connectivity index (χ4v) is 3.58. The molecule has 4 rings (SSSR count). The van der Waals surface area contributed by atoms with E-state index in [1.807, 2.05) is 10.9 Å². The van der Waals surface area contributed by atoms with Crippen LogP contribution in [0.15, 0.2) is 6.20 Å². The van der Waals surface area contributed by atoms with Crippen LogP contribution in [0, 0.1) is 5.92 Å². The number of carboxylic acid groups (broad SMARTS) is 1. The van der Waals surface area contributed by atoms with Gasteiger partial charge in [0.1, 0.15) is 0 Å². The van der Waals surface area contributed by atoms with Crippen molar-refractivity contribution in [2.45, 2.75) is 43.9 Å². The van der Waals surface area contributed by atoms with Crippen molar-refractivity contribution < 1.29 is 19.4 Å². The molecule has 0 amide bonds. The molecule has 2 fully saturated rings. The molecular weight excluding hydrogens is 260 g/mol. The van der Waals surface area contributed by atoms with Crippen LogP contribution in [0.25, 0.3) is 0 Å². The molecule has 0 atom stereocenters. The first-order chi connectivity index (χ1) is 9.67. The minimum Gasteiger partial charge on any atom is -0.481 e. The maximum atomic E-state index is 10.9. The van der Waals surface area contributed by atoms with Gasteiger partial charge in [-0.2, -0.15) is 5.10 Å². The number of nitrogens with zero attached hydrogens (tertiary/aromatic N) is 2. The second kappa shape index (κ2) is 4.30. The molecular formula is C14H18N2O4. The third-order valence-corrected chi connectivity index (χ3v) is 4.81. The van der Waals surface area contributed by atoms with Crippen molar-refractivity contribution in [3.63, 3.8) is 0 Å². The quantitative estimate of drug-likeness (QED) is 0.878. The molecule has 2 aliphatic carbocycles. The fraction of sp³-hybridized carbons (Fsp3) is 0.714. The minimum atomic E-state index is -0.686. The Morgan fingerprint density at radius 3 is 2.85 bits per heavy atom. The Hall–Kier alpha value is -1.40. The Kier molecular flexibility index (Phi) is 2.65. The lowest BCUT2D eigenvalue weighted by Gasteiger charge is -2.36. The maximum Gasteiger partial charge on any atom is 0.306 e. The number of ether oxygens (including phenoxy) is 2. The Balaban J connectivity index is 1.52. The average Bonchev–Trinajstić information content (AvgIpc) is 2.95. The second-order valence-corrected chi connectivity index (χ2v) is 6.01. The summed E-state index contributed by atoms with van der Waals surface area (Å²) in [4.78, 5) is 10.9. The normalized spacial score (nSPS) is 31.0. The second-order valence-electron chi connectivity index (χ2n) is 6.01. The van der Waals surface area contributed by atoms with E-state index in [1.165, 1.54) is 11.3 Å². The van der Waals surface area contributed by atoms with Crippen LogP contribution in [0.1, 0.15) is 36.6 Å². The van der Waals surface area contributed by atoms with E-state index in [4.69, 9.17) is 14.6 Å². The summed E-state index contributed by atoms with van der Waals surface area (Å²) in [5.41, 5.74) is 2.43. The fourth-order valence-electron chi connectivity index (χ4n) is 3.58. The molecule has 1 spiro atoms. The summed E-state index contributed by atoms with van der Waals surface area (Å²) in [5, 5.41) is 13.4. The van der Waals surface area contributed by atoms with E-state index in [9.17, 15) is 4.79 Å². The number of aromatic nitrogens is 2. The van der Waals surface area contributed by atoms with E-state index < -0.39 is 11.8 Å². The van der Waals surface area contributed by atoms with Crippen LogP contribution in [0.3, 0.4) is 0 Å². The molecule has 1 aromatic rings. The van der Waals surface area contributed by atoms with Gasteiger partial charge in [-0.05, 0) is 24.8 Å². The first-order valence-corrected chi connectivity index (χ1v) is 7.23. The maximum absolute atomic E-state index is 10.9. The number of hydrogen-bond acceptors (Lipinski definition) is 4. The highest BCUT2D eigenvalue weighted by molar-refractivity contribution is 5.71. The molecule has 2 heterocycles. The number of aliphatic carboxylic acids is 1. The average molecular weight is 278 g/mol. The van der Waals surface area contributed by atoms with Crippen molar-refractivity contribution in [2.75, 3.05) is 13.2 Å². The van der Waals surface area contributed by atoms with Gasteiger partial charge in [0, 0.05) is 18.5 Å². The molecule has 0 radical (unpaired) electrons. The SMILES string of the molecule is O=C(O)C1CC(n2ncc3c2CCC2(C3)OCCO2)C1. The summed E-state index contributed by atoms with van der Waals surface area (Å²) in [5.74, 6) is -1.31. The van der Waals surface area contributed by atoms with Crippen molar-refractivity contribution in [3.8, 4) is 0 Å². The van der Waals surface area contributed by atoms with Crippen LogP contribution in [0.5, 0.6) is 0 Å². The van der Waals surface area contributed by atoms with E-state index in [2.05, 4.69) is 5.10 Å². The van der Waals surface area contributed by atoms with Gasteiger partial charge < -0.3 is 14.6 Å². The summed E-state index contributed by atoms with van der Waals surface area (Å²) >= 11 is 0. The number of carbonyl (C=O) groups is 1.